The lowest BCUT2D eigenvalue weighted by atomic mass is 10.1. The number of piperazine rings is 1. The van der Waals surface area contributed by atoms with Gasteiger partial charge in [0.05, 0.1) is 12.9 Å². The second kappa shape index (κ2) is 7.91. The molecule has 6 rings (SSSR count). The van der Waals surface area contributed by atoms with Crippen LogP contribution in [0.3, 0.4) is 0 Å². The van der Waals surface area contributed by atoms with E-state index in [-0.39, 0.29) is 18.8 Å². The summed E-state index contributed by atoms with van der Waals surface area (Å²) in [6, 6.07) is 10.5. The summed E-state index contributed by atoms with van der Waals surface area (Å²) in [5.41, 5.74) is 2.65. The first-order valence-corrected chi connectivity index (χ1v) is 11.4. The third kappa shape index (κ3) is 3.54. The molecular weight excluding hydrogens is 424 g/mol. The second-order valence-corrected chi connectivity index (χ2v) is 9.14. The minimum absolute atomic E-state index is 0.143. The van der Waals surface area contributed by atoms with E-state index < -0.39 is 18.1 Å². The van der Waals surface area contributed by atoms with Crippen LogP contribution in [0.25, 0.3) is 11.2 Å². The molecule has 3 fully saturated rings. The van der Waals surface area contributed by atoms with Crippen molar-refractivity contribution in [2.75, 3.05) is 42.6 Å². The summed E-state index contributed by atoms with van der Waals surface area (Å²) >= 11 is 0. The molecule has 0 amide bonds. The lowest BCUT2D eigenvalue weighted by Crippen LogP contribution is -2.47. The van der Waals surface area contributed by atoms with Crippen LogP contribution in [0.4, 0.5) is 11.5 Å². The van der Waals surface area contributed by atoms with E-state index in [1.54, 1.807) is 12.7 Å². The summed E-state index contributed by atoms with van der Waals surface area (Å²) < 4.78 is 20.1. The van der Waals surface area contributed by atoms with Gasteiger partial charge in [-0.25, -0.2) is 15.0 Å². The molecule has 3 aliphatic heterocycles. The Kier molecular flexibility index (Phi) is 4.98. The Morgan fingerprint density at radius 3 is 2.45 bits per heavy atom. The predicted octanol–water partition coefficient (Wildman–Crippen LogP) is 1.56. The van der Waals surface area contributed by atoms with Gasteiger partial charge in [-0.1, -0.05) is 18.2 Å². The maximum absolute atomic E-state index is 9.81. The van der Waals surface area contributed by atoms with Crippen LogP contribution < -0.4 is 9.80 Å². The van der Waals surface area contributed by atoms with E-state index in [2.05, 4.69) is 49.0 Å². The van der Waals surface area contributed by atoms with Crippen LogP contribution >= 0.6 is 0 Å². The molecule has 2 aromatic heterocycles. The van der Waals surface area contributed by atoms with Crippen LogP contribution in [0, 0.1) is 0 Å². The average molecular weight is 453 g/mol. The number of aliphatic hydroxyl groups is 1. The SMILES string of the molecule is CC1(C)OC2C(CO)OC(n3cnc4c(N5CCN(c6ccccc6)CC5)ncnc43)C2O1. The first kappa shape index (κ1) is 20.8. The molecule has 0 spiro atoms. The number of benzene rings is 1. The number of imidazole rings is 1. The topological polar surface area (TPSA) is 98.0 Å². The molecule has 174 valence electrons. The van der Waals surface area contributed by atoms with Crippen molar-refractivity contribution >= 4 is 22.7 Å². The molecule has 0 aliphatic carbocycles. The zero-order valence-corrected chi connectivity index (χ0v) is 18.7. The molecule has 0 bridgehead atoms. The highest BCUT2D eigenvalue weighted by Gasteiger charge is 2.56. The molecule has 3 aromatic rings. The van der Waals surface area contributed by atoms with Gasteiger partial charge in [-0.2, -0.15) is 0 Å². The van der Waals surface area contributed by atoms with Crippen molar-refractivity contribution < 1.29 is 19.3 Å². The van der Waals surface area contributed by atoms with Crippen LogP contribution in [0.5, 0.6) is 0 Å². The Morgan fingerprint density at radius 1 is 0.970 bits per heavy atom. The number of aromatic nitrogens is 4. The molecule has 33 heavy (non-hydrogen) atoms. The Hall–Kier alpha value is -2.79. The lowest BCUT2D eigenvalue weighted by molar-refractivity contribution is -0.199. The maximum Gasteiger partial charge on any atom is 0.167 e. The predicted molar refractivity (Wildman–Crippen MR) is 121 cm³/mol. The molecule has 1 aromatic carbocycles. The van der Waals surface area contributed by atoms with Crippen LogP contribution in [0.15, 0.2) is 43.0 Å². The number of nitrogens with zero attached hydrogens (tertiary/aromatic N) is 6. The fourth-order valence-corrected chi connectivity index (χ4v) is 5.10. The fourth-order valence-electron chi connectivity index (χ4n) is 5.10. The molecule has 3 aliphatic rings. The number of hydrogen-bond acceptors (Lipinski definition) is 9. The second-order valence-electron chi connectivity index (χ2n) is 9.14. The number of hydrogen-bond donors (Lipinski definition) is 1. The van der Waals surface area contributed by atoms with E-state index in [0.29, 0.717) is 5.65 Å². The number of fused-ring (bicyclic) bond motifs is 2. The molecule has 4 atom stereocenters. The van der Waals surface area contributed by atoms with Crippen LogP contribution in [-0.4, -0.2) is 81.5 Å². The summed E-state index contributed by atoms with van der Waals surface area (Å²) in [6.07, 6.45) is 1.63. The zero-order valence-electron chi connectivity index (χ0n) is 18.7. The molecule has 1 N–H and O–H groups in total. The highest BCUT2D eigenvalue weighted by molar-refractivity contribution is 5.83. The molecule has 0 saturated carbocycles. The van der Waals surface area contributed by atoms with Crippen molar-refractivity contribution in [3.8, 4) is 0 Å². The smallest absolute Gasteiger partial charge is 0.167 e. The van der Waals surface area contributed by atoms with Crippen molar-refractivity contribution in [1.82, 2.24) is 19.5 Å². The van der Waals surface area contributed by atoms with Crippen molar-refractivity contribution in [3.63, 3.8) is 0 Å². The van der Waals surface area contributed by atoms with Gasteiger partial charge in [-0.05, 0) is 26.0 Å². The standard InChI is InChI=1S/C23H28N6O4/c1-23(2)32-18-16(12-30)31-22(19(18)33-23)29-14-26-17-20(24-13-25-21(17)29)28-10-8-27(9-11-28)15-6-4-3-5-7-15/h3-7,13-14,16,18-19,22,30H,8-12H2,1-2H3. The molecule has 4 unspecified atom stereocenters. The quantitative estimate of drug-likeness (QED) is 0.632. The summed E-state index contributed by atoms with van der Waals surface area (Å²) in [5, 5.41) is 9.81. The molecule has 5 heterocycles. The van der Waals surface area contributed by atoms with Crippen LogP contribution in [-0.2, 0) is 14.2 Å². The van der Waals surface area contributed by atoms with Gasteiger partial charge in [0, 0.05) is 31.9 Å². The largest absolute Gasteiger partial charge is 0.394 e. The van der Waals surface area contributed by atoms with E-state index >= 15 is 0 Å². The number of anilines is 2. The van der Waals surface area contributed by atoms with Gasteiger partial charge >= 0.3 is 0 Å². The molecule has 10 heteroatoms. The third-order valence-corrected chi connectivity index (χ3v) is 6.62. The van der Waals surface area contributed by atoms with Crippen molar-refractivity contribution in [1.29, 1.82) is 0 Å². The van der Waals surface area contributed by atoms with Crippen LogP contribution in [0.1, 0.15) is 20.1 Å². The minimum atomic E-state index is -0.736. The van der Waals surface area contributed by atoms with Gasteiger partial charge in [0.2, 0.25) is 0 Å². The summed E-state index contributed by atoms with van der Waals surface area (Å²) in [6.45, 7) is 7.10. The Morgan fingerprint density at radius 2 is 1.70 bits per heavy atom. The Balaban J connectivity index is 1.26. The van der Waals surface area contributed by atoms with Gasteiger partial charge in [-0.15, -0.1) is 0 Å². The molecule has 0 radical (unpaired) electrons. The van der Waals surface area contributed by atoms with E-state index in [0.717, 1.165) is 37.5 Å². The first-order valence-electron chi connectivity index (χ1n) is 11.4. The minimum Gasteiger partial charge on any atom is -0.394 e. The summed E-state index contributed by atoms with van der Waals surface area (Å²) in [5.74, 6) is 0.0864. The van der Waals surface area contributed by atoms with Crippen molar-refractivity contribution in [2.24, 2.45) is 0 Å². The highest BCUT2D eigenvalue weighted by atomic mass is 16.8. The summed E-state index contributed by atoms with van der Waals surface area (Å²) in [7, 11) is 0. The third-order valence-electron chi connectivity index (χ3n) is 6.62. The Labute approximate surface area is 191 Å². The number of rotatable bonds is 4. The van der Waals surface area contributed by atoms with Gasteiger partial charge < -0.3 is 29.1 Å². The maximum atomic E-state index is 9.81. The van der Waals surface area contributed by atoms with Crippen LogP contribution in [0.2, 0.25) is 0 Å². The van der Waals surface area contributed by atoms with E-state index in [4.69, 9.17) is 14.2 Å². The van der Waals surface area contributed by atoms with Gasteiger partial charge in [0.15, 0.2) is 29.0 Å². The number of aliphatic hydroxyl groups excluding tert-OH is 1. The van der Waals surface area contributed by atoms with Crippen molar-refractivity contribution in [2.45, 2.75) is 44.2 Å². The van der Waals surface area contributed by atoms with Gasteiger partial charge in [0.1, 0.15) is 24.6 Å². The lowest BCUT2D eigenvalue weighted by Gasteiger charge is -2.36. The van der Waals surface area contributed by atoms with E-state index in [1.807, 2.05) is 24.5 Å². The van der Waals surface area contributed by atoms with Crippen molar-refractivity contribution in [3.05, 3.63) is 43.0 Å². The molecule has 10 nitrogen and oxygen atoms in total. The monoisotopic (exact) mass is 452 g/mol. The molecular formula is C23H28N6O4. The summed E-state index contributed by atoms with van der Waals surface area (Å²) in [4.78, 5) is 18.4. The average Bonchev–Trinajstić information content (AvgIpc) is 3.50. The number of para-hydroxylation sites is 1. The van der Waals surface area contributed by atoms with E-state index in [9.17, 15) is 5.11 Å². The van der Waals surface area contributed by atoms with E-state index in [1.165, 1.54) is 5.69 Å². The molecule has 3 saturated heterocycles. The normalized spacial score (nSPS) is 29.1. The van der Waals surface area contributed by atoms with Gasteiger partial charge in [-0.3, -0.25) is 4.57 Å². The van der Waals surface area contributed by atoms with Gasteiger partial charge in [0.25, 0.3) is 0 Å². The number of ether oxygens (including phenoxy) is 3. The first-order chi connectivity index (χ1) is 16.0. The highest BCUT2D eigenvalue weighted by Crippen LogP contribution is 2.43. The zero-order chi connectivity index (χ0) is 22.6. The Bertz CT molecular complexity index is 1130. The fraction of sp³-hybridized carbons (Fsp3) is 0.522.